The van der Waals surface area contributed by atoms with Gasteiger partial charge in [0.2, 0.25) is 0 Å². The maximum Gasteiger partial charge on any atom is 0.319 e. The molecule has 2 N–H and O–H groups in total. The fraction of sp³-hybridized carbons (Fsp3) is 0.429. The van der Waals surface area contributed by atoms with Crippen molar-refractivity contribution in [2.45, 2.75) is 32.7 Å². The first kappa shape index (κ1) is 15.0. The van der Waals surface area contributed by atoms with Gasteiger partial charge >= 0.3 is 12.0 Å². The second-order valence-electron chi connectivity index (χ2n) is 4.35. The van der Waals surface area contributed by atoms with Gasteiger partial charge in [-0.05, 0) is 31.0 Å². The number of amides is 2. The van der Waals surface area contributed by atoms with Crippen molar-refractivity contribution < 1.29 is 14.3 Å². The van der Waals surface area contributed by atoms with E-state index in [1.165, 1.54) is 7.11 Å². The minimum absolute atomic E-state index is 0.175. The smallest absolute Gasteiger partial charge is 0.319 e. The van der Waals surface area contributed by atoms with E-state index >= 15 is 0 Å². The van der Waals surface area contributed by atoms with Crippen molar-refractivity contribution in [3.8, 4) is 0 Å². The van der Waals surface area contributed by atoms with Crippen molar-refractivity contribution in [3.63, 3.8) is 0 Å². The molecule has 0 saturated heterocycles. The molecule has 0 aromatic heterocycles. The molecule has 0 aliphatic rings. The molecule has 5 nitrogen and oxygen atoms in total. The number of benzene rings is 1. The lowest BCUT2D eigenvalue weighted by Gasteiger charge is -2.16. The number of anilines is 1. The molecule has 5 heteroatoms. The van der Waals surface area contributed by atoms with E-state index in [2.05, 4.69) is 15.4 Å². The summed E-state index contributed by atoms with van der Waals surface area (Å²) in [6.07, 6.45) is 0.838. The van der Waals surface area contributed by atoms with Gasteiger partial charge in [0.1, 0.15) is 0 Å². The van der Waals surface area contributed by atoms with Gasteiger partial charge < -0.3 is 15.4 Å². The molecule has 0 bridgehead atoms. The number of hydrogen-bond acceptors (Lipinski definition) is 3. The van der Waals surface area contributed by atoms with Crippen molar-refractivity contribution >= 4 is 17.7 Å². The highest BCUT2D eigenvalue weighted by Gasteiger charge is 2.14. The molecule has 1 unspecified atom stereocenters. The van der Waals surface area contributed by atoms with Gasteiger partial charge in [-0.1, -0.05) is 19.1 Å². The van der Waals surface area contributed by atoms with Gasteiger partial charge in [-0.15, -0.1) is 0 Å². The van der Waals surface area contributed by atoms with Crippen molar-refractivity contribution in [2.75, 3.05) is 12.4 Å². The minimum Gasteiger partial charge on any atom is -0.469 e. The molecule has 1 atom stereocenters. The Balaban J connectivity index is 2.51. The maximum atomic E-state index is 11.8. The fourth-order valence-electron chi connectivity index (χ4n) is 1.66. The molecule has 0 aliphatic heterocycles. The van der Waals surface area contributed by atoms with E-state index in [1.807, 2.05) is 38.1 Å². The average Bonchev–Trinajstić information content (AvgIpc) is 2.37. The Labute approximate surface area is 113 Å². The van der Waals surface area contributed by atoms with Crippen LogP contribution in [0.1, 0.15) is 25.3 Å². The molecule has 0 radical (unpaired) electrons. The van der Waals surface area contributed by atoms with Crippen LogP contribution in [0.15, 0.2) is 24.3 Å². The number of carbonyl (C=O) groups excluding carboxylic acids is 2. The molecule has 0 aliphatic carbocycles. The highest BCUT2D eigenvalue weighted by molar-refractivity contribution is 5.89. The predicted octanol–water partition coefficient (Wildman–Crippen LogP) is 2.46. The summed E-state index contributed by atoms with van der Waals surface area (Å²) in [4.78, 5) is 23.0. The third-order valence-electron chi connectivity index (χ3n) is 2.74. The molecule has 104 valence electrons. The van der Waals surface area contributed by atoms with E-state index in [4.69, 9.17) is 0 Å². The molecule has 0 fully saturated rings. The zero-order valence-corrected chi connectivity index (χ0v) is 11.5. The predicted molar refractivity (Wildman–Crippen MR) is 74.0 cm³/mol. The second kappa shape index (κ2) is 7.41. The van der Waals surface area contributed by atoms with Crippen molar-refractivity contribution in [1.82, 2.24) is 5.32 Å². The maximum absolute atomic E-state index is 11.8. The molecule has 1 aromatic carbocycles. The largest absolute Gasteiger partial charge is 0.469 e. The molecule has 19 heavy (non-hydrogen) atoms. The number of nitrogens with one attached hydrogen (secondary N) is 2. The SMILES string of the molecule is CCC(CC(=O)OC)NC(=O)Nc1cccc(C)c1. The van der Waals surface area contributed by atoms with Crippen LogP contribution in [-0.4, -0.2) is 25.2 Å². The Morgan fingerprint density at radius 3 is 2.68 bits per heavy atom. The number of aryl methyl sites for hydroxylation is 1. The van der Waals surface area contributed by atoms with Gasteiger partial charge in [0.25, 0.3) is 0 Å². The number of urea groups is 1. The first-order chi connectivity index (χ1) is 9.05. The summed E-state index contributed by atoms with van der Waals surface area (Å²) in [5, 5.41) is 5.49. The van der Waals surface area contributed by atoms with Crippen LogP contribution in [0.25, 0.3) is 0 Å². The van der Waals surface area contributed by atoms with Gasteiger partial charge in [-0.3, -0.25) is 4.79 Å². The number of hydrogen-bond donors (Lipinski definition) is 2. The van der Waals surface area contributed by atoms with Crippen LogP contribution in [-0.2, 0) is 9.53 Å². The first-order valence-electron chi connectivity index (χ1n) is 6.26. The summed E-state index contributed by atoms with van der Waals surface area (Å²) < 4.78 is 4.59. The van der Waals surface area contributed by atoms with Crippen LogP contribution < -0.4 is 10.6 Å². The molecule has 1 aromatic rings. The topological polar surface area (TPSA) is 67.4 Å². The lowest BCUT2D eigenvalue weighted by Crippen LogP contribution is -2.39. The zero-order valence-electron chi connectivity index (χ0n) is 11.5. The normalized spacial score (nSPS) is 11.5. The zero-order chi connectivity index (χ0) is 14.3. The summed E-state index contributed by atoms with van der Waals surface area (Å²) in [6, 6.07) is 6.97. The summed E-state index contributed by atoms with van der Waals surface area (Å²) in [7, 11) is 1.34. The molecule has 0 saturated carbocycles. The van der Waals surface area contributed by atoms with Gasteiger partial charge in [-0.2, -0.15) is 0 Å². The highest BCUT2D eigenvalue weighted by Crippen LogP contribution is 2.09. The van der Waals surface area contributed by atoms with Crippen molar-refractivity contribution in [2.24, 2.45) is 0 Å². The molecular weight excluding hydrogens is 244 g/mol. The van der Waals surface area contributed by atoms with Gasteiger partial charge in [0, 0.05) is 11.7 Å². The fourth-order valence-corrected chi connectivity index (χ4v) is 1.66. The molecular formula is C14H20N2O3. The van der Waals surface area contributed by atoms with Gasteiger partial charge in [0.05, 0.1) is 13.5 Å². The summed E-state index contributed by atoms with van der Waals surface area (Å²) in [5.74, 6) is -0.331. The Hall–Kier alpha value is -2.04. The summed E-state index contributed by atoms with van der Waals surface area (Å²) in [5.41, 5.74) is 1.80. The average molecular weight is 264 g/mol. The van der Waals surface area contributed by atoms with Crippen LogP contribution in [0.4, 0.5) is 10.5 Å². The molecule has 0 heterocycles. The second-order valence-corrected chi connectivity index (χ2v) is 4.35. The van der Waals surface area contributed by atoms with Crippen LogP contribution in [0, 0.1) is 6.92 Å². The van der Waals surface area contributed by atoms with E-state index in [0.717, 1.165) is 11.3 Å². The van der Waals surface area contributed by atoms with E-state index in [-0.39, 0.29) is 24.5 Å². The van der Waals surface area contributed by atoms with Gasteiger partial charge in [0.15, 0.2) is 0 Å². The van der Waals surface area contributed by atoms with Gasteiger partial charge in [-0.25, -0.2) is 4.79 Å². The summed E-state index contributed by atoms with van der Waals surface area (Å²) >= 11 is 0. The van der Waals surface area contributed by atoms with E-state index in [9.17, 15) is 9.59 Å². The van der Waals surface area contributed by atoms with Crippen LogP contribution in [0.5, 0.6) is 0 Å². The molecule has 1 rings (SSSR count). The van der Waals surface area contributed by atoms with Crippen molar-refractivity contribution in [1.29, 1.82) is 0 Å². The Morgan fingerprint density at radius 2 is 2.11 bits per heavy atom. The highest BCUT2D eigenvalue weighted by atomic mass is 16.5. The van der Waals surface area contributed by atoms with Crippen LogP contribution in [0.3, 0.4) is 0 Å². The molecule has 0 spiro atoms. The molecule has 2 amide bonds. The van der Waals surface area contributed by atoms with Crippen LogP contribution in [0.2, 0.25) is 0 Å². The Bertz CT molecular complexity index is 446. The quantitative estimate of drug-likeness (QED) is 0.803. The summed E-state index contributed by atoms with van der Waals surface area (Å²) in [6.45, 7) is 3.86. The third kappa shape index (κ3) is 5.42. The number of ether oxygens (including phenoxy) is 1. The van der Waals surface area contributed by atoms with Crippen LogP contribution >= 0.6 is 0 Å². The van der Waals surface area contributed by atoms with E-state index in [1.54, 1.807) is 0 Å². The van der Waals surface area contributed by atoms with Crippen molar-refractivity contribution in [3.05, 3.63) is 29.8 Å². The number of esters is 1. The van der Waals surface area contributed by atoms with E-state index in [0.29, 0.717) is 6.42 Å². The lowest BCUT2D eigenvalue weighted by molar-refractivity contribution is -0.141. The van der Waals surface area contributed by atoms with E-state index < -0.39 is 0 Å². The number of methoxy groups -OCH3 is 1. The Morgan fingerprint density at radius 1 is 1.37 bits per heavy atom. The minimum atomic E-state index is -0.331. The Kier molecular flexibility index (Phi) is 5.85. The lowest BCUT2D eigenvalue weighted by atomic mass is 10.1. The number of rotatable bonds is 5. The third-order valence-corrected chi connectivity index (χ3v) is 2.74. The standard InChI is InChI=1S/C14H20N2O3/c1-4-11(9-13(17)19-3)15-14(18)16-12-7-5-6-10(2)8-12/h5-8,11H,4,9H2,1-3H3,(H2,15,16,18). The monoisotopic (exact) mass is 264 g/mol. The first-order valence-corrected chi connectivity index (χ1v) is 6.26. The number of carbonyl (C=O) groups is 2.